The third kappa shape index (κ3) is 3.64. The molecule has 5 nitrogen and oxygen atoms in total. The Morgan fingerprint density at radius 1 is 1.26 bits per heavy atom. The first kappa shape index (κ1) is 14.2. The van der Waals surface area contributed by atoms with Crippen molar-refractivity contribution in [3.8, 4) is 0 Å². The van der Waals surface area contributed by atoms with E-state index in [4.69, 9.17) is 5.73 Å². The number of aryl methyl sites for hydroxylation is 1. The molecular weight excluding hydrogens is 238 g/mol. The number of nitrogens with zero attached hydrogens (tertiary/aromatic N) is 4. The normalized spacial score (nSPS) is 18.6. The van der Waals surface area contributed by atoms with Gasteiger partial charge in [-0.2, -0.15) is 0 Å². The molecule has 106 valence electrons. The molecule has 2 N–H and O–H groups in total. The molecule has 0 radical (unpaired) electrons. The zero-order valence-corrected chi connectivity index (χ0v) is 12.0. The average molecular weight is 263 g/mol. The summed E-state index contributed by atoms with van der Waals surface area (Å²) in [6, 6.07) is 2.60. The van der Waals surface area contributed by atoms with Gasteiger partial charge >= 0.3 is 0 Å². The molecule has 19 heavy (non-hydrogen) atoms. The van der Waals surface area contributed by atoms with Crippen LogP contribution in [0.1, 0.15) is 25.5 Å². The van der Waals surface area contributed by atoms with Gasteiger partial charge < -0.3 is 10.6 Å². The van der Waals surface area contributed by atoms with Crippen molar-refractivity contribution in [2.45, 2.75) is 32.7 Å². The van der Waals surface area contributed by atoms with Gasteiger partial charge in [-0.05, 0) is 13.3 Å². The molecule has 0 spiro atoms. The predicted molar refractivity (Wildman–Crippen MR) is 78.3 cm³/mol. The van der Waals surface area contributed by atoms with Gasteiger partial charge in [-0.15, -0.1) is 0 Å². The van der Waals surface area contributed by atoms with Crippen molar-refractivity contribution in [2.24, 2.45) is 5.73 Å². The number of rotatable bonds is 5. The van der Waals surface area contributed by atoms with Crippen LogP contribution in [0.25, 0.3) is 0 Å². The second-order valence-corrected chi connectivity index (χ2v) is 5.22. The van der Waals surface area contributed by atoms with E-state index >= 15 is 0 Å². The fourth-order valence-corrected chi connectivity index (χ4v) is 2.71. The smallest absolute Gasteiger partial charge is 0.132 e. The van der Waals surface area contributed by atoms with Crippen LogP contribution in [0.15, 0.2) is 12.4 Å². The van der Waals surface area contributed by atoms with Crippen LogP contribution in [0.3, 0.4) is 0 Å². The number of nitrogens with two attached hydrogens (primary N) is 1. The van der Waals surface area contributed by atoms with E-state index in [2.05, 4.69) is 32.8 Å². The van der Waals surface area contributed by atoms with Gasteiger partial charge in [0.25, 0.3) is 0 Å². The van der Waals surface area contributed by atoms with E-state index in [9.17, 15) is 0 Å². The summed E-state index contributed by atoms with van der Waals surface area (Å²) in [5.41, 5.74) is 6.91. The zero-order valence-electron chi connectivity index (χ0n) is 12.0. The predicted octanol–water partition coefficient (Wildman–Crippen LogP) is 1.03. The molecule has 0 amide bonds. The first-order valence-corrected chi connectivity index (χ1v) is 7.22. The first-order chi connectivity index (χ1) is 9.24. The molecule has 1 unspecified atom stereocenters. The second-order valence-electron chi connectivity index (χ2n) is 5.22. The van der Waals surface area contributed by atoms with Crippen molar-refractivity contribution in [1.29, 1.82) is 0 Å². The van der Waals surface area contributed by atoms with Crippen LogP contribution in [-0.4, -0.2) is 53.6 Å². The monoisotopic (exact) mass is 263 g/mol. The van der Waals surface area contributed by atoms with E-state index in [0.717, 1.165) is 44.2 Å². The van der Waals surface area contributed by atoms with Gasteiger partial charge in [-0.1, -0.05) is 13.3 Å². The maximum atomic E-state index is 5.88. The van der Waals surface area contributed by atoms with E-state index in [1.54, 1.807) is 6.33 Å². The van der Waals surface area contributed by atoms with Gasteiger partial charge in [0.1, 0.15) is 12.1 Å². The maximum Gasteiger partial charge on any atom is 0.132 e. The van der Waals surface area contributed by atoms with Gasteiger partial charge in [0.15, 0.2) is 0 Å². The van der Waals surface area contributed by atoms with Crippen LogP contribution < -0.4 is 10.6 Å². The Kier molecular flexibility index (Phi) is 5.10. The van der Waals surface area contributed by atoms with E-state index in [1.165, 1.54) is 12.8 Å². The molecule has 1 aliphatic rings. The van der Waals surface area contributed by atoms with Crippen molar-refractivity contribution in [2.75, 3.05) is 37.6 Å². The third-order valence-corrected chi connectivity index (χ3v) is 3.84. The fraction of sp³-hybridized carbons (Fsp3) is 0.714. The van der Waals surface area contributed by atoms with Gasteiger partial charge in [-0.25, -0.2) is 9.97 Å². The maximum absolute atomic E-state index is 5.88. The van der Waals surface area contributed by atoms with Crippen molar-refractivity contribution in [3.63, 3.8) is 0 Å². The first-order valence-electron chi connectivity index (χ1n) is 7.22. The lowest BCUT2D eigenvalue weighted by molar-refractivity contribution is 0.179. The Labute approximate surface area is 115 Å². The standard InChI is InChI=1S/C14H25N5/c1-3-4-13(10-15)18-5-7-19(8-6-18)14-9-12(2)16-11-17-14/h9,11,13H,3-8,10,15H2,1-2H3. The van der Waals surface area contributed by atoms with Crippen molar-refractivity contribution < 1.29 is 0 Å². The van der Waals surface area contributed by atoms with E-state index in [1.807, 2.05) is 6.92 Å². The largest absolute Gasteiger partial charge is 0.354 e. The summed E-state index contributed by atoms with van der Waals surface area (Å²) in [4.78, 5) is 13.4. The number of piperazine rings is 1. The quantitative estimate of drug-likeness (QED) is 0.860. The molecule has 1 atom stereocenters. The van der Waals surface area contributed by atoms with Crippen molar-refractivity contribution in [1.82, 2.24) is 14.9 Å². The third-order valence-electron chi connectivity index (χ3n) is 3.84. The second kappa shape index (κ2) is 6.82. The van der Waals surface area contributed by atoms with Crippen molar-refractivity contribution >= 4 is 5.82 Å². The van der Waals surface area contributed by atoms with Gasteiger partial charge in [0.2, 0.25) is 0 Å². The molecule has 2 heterocycles. The average Bonchev–Trinajstić information content (AvgIpc) is 2.45. The van der Waals surface area contributed by atoms with Crippen LogP contribution in [-0.2, 0) is 0 Å². The van der Waals surface area contributed by atoms with Crippen LogP contribution in [0, 0.1) is 6.92 Å². The number of hydrogen-bond acceptors (Lipinski definition) is 5. The molecule has 0 aromatic carbocycles. The molecule has 5 heteroatoms. The summed E-state index contributed by atoms with van der Waals surface area (Å²) in [5, 5.41) is 0. The Bertz CT molecular complexity index is 387. The summed E-state index contributed by atoms with van der Waals surface area (Å²) >= 11 is 0. The topological polar surface area (TPSA) is 58.3 Å². The van der Waals surface area contributed by atoms with Crippen LogP contribution >= 0.6 is 0 Å². The minimum atomic E-state index is 0.541. The molecule has 0 bridgehead atoms. The molecule has 1 aromatic heterocycles. The molecule has 1 saturated heterocycles. The summed E-state index contributed by atoms with van der Waals surface area (Å²) < 4.78 is 0. The lowest BCUT2D eigenvalue weighted by Crippen LogP contribution is -2.52. The summed E-state index contributed by atoms with van der Waals surface area (Å²) in [6.07, 6.45) is 4.05. The van der Waals surface area contributed by atoms with E-state index < -0.39 is 0 Å². The van der Waals surface area contributed by atoms with Crippen LogP contribution in [0.4, 0.5) is 5.82 Å². The van der Waals surface area contributed by atoms with Crippen LogP contribution in [0.5, 0.6) is 0 Å². The minimum absolute atomic E-state index is 0.541. The Balaban J connectivity index is 1.91. The molecule has 1 aliphatic heterocycles. The lowest BCUT2D eigenvalue weighted by atomic mass is 10.1. The number of hydrogen-bond donors (Lipinski definition) is 1. The molecule has 2 rings (SSSR count). The highest BCUT2D eigenvalue weighted by atomic mass is 15.3. The number of aromatic nitrogens is 2. The highest BCUT2D eigenvalue weighted by molar-refractivity contribution is 5.39. The lowest BCUT2D eigenvalue weighted by Gasteiger charge is -2.39. The summed E-state index contributed by atoms with van der Waals surface area (Å²) in [6.45, 7) is 9.19. The Morgan fingerprint density at radius 2 is 2.00 bits per heavy atom. The molecule has 0 aliphatic carbocycles. The summed E-state index contributed by atoms with van der Waals surface area (Å²) in [7, 11) is 0. The fourth-order valence-electron chi connectivity index (χ4n) is 2.71. The minimum Gasteiger partial charge on any atom is -0.354 e. The molecular formula is C14H25N5. The molecule has 1 aromatic rings. The Hall–Kier alpha value is -1.20. The zero-order chi connectivity index (χ0) is 13.7. The van der Waals surface area contributed by atoms with Crippen molar-refractivity contribution in [3.05, 3.63) is 18.1 Å². The highest BCUT2D eigenvalue weighted by Crippen LogP contribution is 2.16. The Morgan fingerprint density at radius 3 is 2.58 bits per heavy atom. The highest BCUT2D eigenvalue weighted by Gasteiger charge is 2.23. The van der Waals surface area contributed by atoms with E-state index in [-0.39, 0.29) is 0 Å². The van der Waals surface area contributed by atoms with E-state index in [0.29, 0.717) is 6.04 Å². The number of anilines is 1. The van der Waals surface area contributed by atoms with Gasteiger partial charge in [0.05, 0.1) is 0 Å². The summed E-state index contributed by atoms with van der Waals surface area (Å²) in [5.74, 6) is 1.05. The van der Waals surface area contributed by atoms with Gasteiger partial charge in [-0.3, -0.25) is 4.90 Å². The molecule has 1 fully saturated rings. The van der Waals surface area contributed by atoms with Gasteiger partial charge in [0, 0.05) is 50.5 Å². The molecule has 0 saturated carbocycles. The van der Waals surface area contributed by atoms with Crippen LogP contribution in [0.2, 0.25) is 0 Å². The SMILES string of the molecule is CCCC(CN)N1CCN(c2cc(C)ncn2)CC1.